The van der Waals surface area contributed by atoms with Crippen molar-refractivity contribution < 1.29 is 0 Å². The van der Waals surface area contributed by atoms with Crippen LogP contribution >= 0.6 is 0 Å². The first-order valence-electron chi connectivity index (χ1n) is 3.52. The van der Waals surface area contributed by atoms with Crippen LogP contribution in [0, 0.1) is 11.5 Å². The molecule has 0 heterocycles. The second-order valence-corrected chi connectivity index (χ2v) is 2.16. The quantitative estimate of drug-likeness (QED) is 0.277. The molecule has 10 heavy (non-hydrogen) atoms. The van der Waals surface area contributed by atoms with Crippen LogP contribution in [0.4, 0.5) is 0 Å². The van der Waals surface area contributed by atoms with Crippen LogP contribution in [-0.4, -0.2) is 5.84 Å². The maximum atomic E-state index is 8.08. The summed E-state index contributed by atoms with van der Waals surface area (Å²) in [6.45, 7) is 2.12. The van der Waals surface area contributed by atoms with E-state index in [-0.39, 0.29) is 0 Å². The van der Waals surface area contributed by atoms with Crippen molar-refractivity contribution in [3.63, 3.8) is 0 Å². The zero-order valence-corrected chi connectivity index (χ0v) is 6.30. The number of nitrogens with zero attached hydrogens (tertiary/aromatic N) is 2. The van der Waals surface area contributed by atoms with Crippen LogP contribution in [0.1, 0.15) is 32.6 Å². The molecule has 0 rings (SSSR count). The van der Waals surface area contributed by atoms with Crippen molar-refractivity contribution in [2.24, 2.45) is 10.7 Å². The number of aliphatic imine (C=N–C) groups is 1. The minimum Gasteiger partial charge on any atom is -0.386 e. The fourth-order valence-corrected chi connectivity index (χ4v) is 0.676. The highest BCUT2D eigenvalue weighted by Crippen LogP contribution is 1.97. The minimum atomic E-state index is 0.455. The van der Waals surface area contributed by atoms with Gasteiger partial charge in [-0.15, -0.1) is 0 Å². The molecule has 0 saturated carbocycles. The predicted octanol–water partition coefficient (Wildman–Crippen LogP) is 1.40. The van der Waals surface area contributed by atoms with E-state index in [2.05, 4.69) is 11.9 Å². The molecule has 0 aliphatic rings. The van der Waals surface area contributed by atoms with E-state index >= 15 is 0 Å². The van der Waals surface area contributed by atoms with E-state index in [1.807, 2.05) is 0 Å². The third kappa shape index (κ3) is 5.10. The number of hydrogen-bond acceptors (Lipinski definition) is 2. The summed E-state index contributed by atoms with van der Waals surface area (Å²) in [6, 6.07) is 0. The standard InChI is InChI=1S/C7H13N3/c1-2-3-4-5-7(9)10-6-8/h2-5H2,1H3,(H2,9,10). The third-order valence-corrected chi connectivity index (χ3v) is 1.23. The summed E-state index contributed by atoms with van der Waals surface area (Å²) >= 11 is 0. The van der Waals surface area contributed by atoms with Crippen molar-refractivity contribution in [1.29, 1.82) is 5.26 Å². The lowest BCUT2D eigenvalue weighted by Gasteiger charge is -1.94. The van der Waals surface area contributed by atoms with Crippen LogP contribution < -0.4 is 5.73 Å². The van der Waals surface area contributed by atoms with Crippen LogP contribution in [0.3, 0.4) is 0 Å². The van der Waals surface area contributed by atoms with Crippen molar-refractivity contribution in [3.05, 3.63) is 0 Å². The molecule has 0 radical (unpaired) electrons. The molecule has 0 saturated heterocycles. The molecule has 0 aromatic rings. The number of nitrogens with two attached hydrogens (primary N) is 1. The van der Waals surface area contributed by atoms with Gasteiger partial charge in [0.25, 0.3) is 0 Å². The van der Waals surface area contributed by atoms with Gasteiger partial charge in [-0.1, -0.05) is 19.8 Å². The van der Waals surface area contributed by atoms with Gasteiger partial charge in [0.05, 0.1) is 0 Å². The van der Waals surface area contributed by atoms with E-state index in [0.29, 0.717) is 5.84 Å². The minimum absolute atomic E-state index is 0.455. The van der Waals surface area contributed by atoms with Gasteiger partial charge in [0, 0.05) is 6.42 Å². The van der Waals surface area contributed by atoms with Gasteiger partial charge < -0.3 is 5.73 Å². The van der Waals surface area contributed by atoms with Crippen LogP contribution in [0.5, 0.6) is 0 Å². The molecule has 0 spiro atoms. The summed E-state index contributed by atoms with van der Waals surface area (Å²) in [5.74, 6) is 0.455. The molecule has 0 bridgehead atoms. The zero-order valence-electron chi connectivity index (χ0n) is 6.30. The molecule has 3 heteroatoms. The van der Waals surface area contributed by atoms with E-state index in [1.165, 1.54) is 6.42 Å². The summed E-state index contributed by atoms with van der Waals surface area (Å²) in [4.78, 5) is 3.40. The molecule has 3 nitrogen and oxygen atoms in total. The Morgan fingerprint density at radius 3 is 2.80 bits per heavy atom. The largest absolute Gasteiger partial charge is 0.386 e. The van der Waals surface area contributed by atoms with Crippen molar-refractivity contribution >= 4 is 5.84 Å². The molecule has 0 amide bonds. The number of nitriles is 1. The van der Waals surface area contributed by atoms with Gasteiger partial charge in [-0.25, -0.2) is 0 Å². The highest BCUT2D eigenvalue weighted by molar-refractivity contribution is 5.80. The average Bonchev–Trinajstić information content (AvgIpc) is 1.89. The first-order valence-corrected chi connectivity index (χ1v) is 3.52. The van der Waals surface area contributed by atoms with E-state index in [4.69, 9.17) is 11.0 Å². The van der Waals surface area contributed by atoms with Crippen molar-refractivity contribution in [2.45, 2.75) is 32.6 Å². The Hall–Kier alpha value is -1.04. The summed E-state index contributed by atoms with van der Waals surface area (Å²) in [5, 5.41) is 8.08. The molecular formula is C7H13N3. The summed E-state index contributed by atoms with van der Waals surface area (Å²) < 4.78 is 0. The van der Waals surface area contributed by atoms with Crippen molar-refractivity contribution in [3.8, 4) is 6.19 Å². The molecule has 0 aromatic carbocycles. The summed E-state index contributed by atoms with van der Waals surface area (Å²) in [7, 11) is 0. The van der Waals surface area contributed by atoms with Crippen molar-refractivity contribution in [2.75, 3.05) is 0 Å². The van der Waals surface area contributed by atoms with E-state index < -0.39 is 0 Å². The van der Waals surface area contributed by atoms with Gasteiger partial charge >= 0.3 is 0 Å². The third-order valence-electron chi connectivity index (χ3n) is 1.23. The number of rotatable bonds is 4. The molecule has 0 unspecified atom stereocenters. The van der Waals surface area contributed by atoms with E-state index in [9.17, 15) is 0 Å². The Bertz CT molecular complexity index is 143. The molecule has 0 fully saturated rings. The van der Waals surface area contributed by atoms with Gasteiger partial charge in [0.15, 0.2) is 0 Å². The molecule has 0 aromatic heterocycles. The molecular weight excluding hydrogens is 126 g/mol. The van der Waals surface area contributed by atoms with Gasteiger partial charge in [-0.2, -0.15) is 10.3 Å². The molecule has 0 atom stereocenters. The Balaban J connectivity index is 3.32. The SMILES string of the molecule is CCCCCC(N)=NC#N. The Morgan fingerprint density at radius 2 is 2.30 bits per heavy atom. The van der Waals surface area contributed by atoms with E-state index in [0.717, 1.165) is 19.3 Å². The second kappa shape index (κ2) is 6.09. The normalized spacial score (nSPS) is 11.0. The molecule has 2 N–H and O–H groups in total. The topological polar surface area (TPSA) is 62.2 Å². The molecule has 0 aliphatic carbocycles. The monoisotopic (exact) mass is 139 g/mol. The van der Waals surface area contributed by atoms with Gasteiger partial charge in [-0.05, 0) is 6.42 Å². The van der Waals surface area contributed by atoms with Crippen LogP contribution in [0.2, 0.25) is 0 Å². The van der Waals surface area contributed by atoms with Crippen LogP contribution in [-0.2, 0) is 0 Å². The summed E-state index contributed by atoms with van der Waals surface area (Å²) in [5.41, 5.74) is 5.35. The lowest BCUT2D eigenvalue weighted by atomic mass is 10.2. The smallest absolute Gasteiger partial charge is 0.207 e. The fourth-order valence-electron chi connectivity index (χ4n) is 0.676. The lowest BCUT2D eigenvalue weighted by molar-refractivity contribution is 0.740. The number of amidine groups is 1. The highest BCUT2D eigenvalue weighted by Gasteiger charge is 1.90. The van der Waals surface area contributed by atoms with Crippen LogP contribution in [0.25, 0.3) is 0 Å². The Morgan fingerprint density at radius 1 is 1.60 bits per heavy atom. The molecule has 56 valence electrons. The van der Waals surface area contributed by atoms with Gasteiger partial charge in [0.1, 0.15) is 5.84 Å². The van der Waals surface area contributed by atoms with Gasteiger partial charge in [-0.3, -0.25) is 0 Å². The Labute approximate surface area is 61.6 Å². The summed E-state index contributed by atoms with van der Waals surface area (Å²) in [6.07, 6.45) is 5.76. The van der Waals surface area contributed by atoms with Crippen LogP contribution in [0.15, 0.2) is 4.99 Å². The first-order chi connectivity index (χ1) is 4.81. The fraction of sp³-hybridized carbons (Fsp3) is 0.714. The molecule has 0 aliphatic heterocycles. The maximum Gasteiger partial charge on any atom is 0.207 e. The van der Waals surface area contributed by atoms with Gasteiger partial charge in [0.2, 0.25) is 6.19 Å². The Kier molecular flexibility index (Phi) is 5.45. The predicted molar refractivity (Wildman–Crippen MR) is 41.4 cm³/mol. The lowest BCUT2D eigenvalue weighted by Crippen LogP contribution is -2.10. The number of unbranched alkanes of at least 4 members (excludes halogenated alkanes) is 2. The number of hydrogen-bond donors (Lipinski definition) is 1. The first kappa shape index (κ1) is 8.96. The van der Waals surface area contributed by atoms with Crippen molar-refractivity contribution in [1.82, 2.24) is 0 Å². The zero-order chi connectivity index (χ0) is 7.82. The second-order valence-electron chi connectivity index (χ2n) is 2.16. The maximum absolute atomic E-state index is 8.08. The average molecular weight is 139 g/mol. The van der Waals surface area contributed by atoms with E-state index in [1.54, 1.807) is 6.19 Å². The highest BCUT2D eigenvalue weighted by atomic mass is 14.8.